The number of carbonyl (C=O) groups is 1. The van der Waals surface area contributed by atoms with Gasteiger partial charge >= 0.3 is 5.97 Å². The Morgan fingerprint density at radius 1 is 1.53 bits per heavy atom. The number of nitrogens with zero attached hydrogens (tertiary/aromatic N) is 2. The molecule has 0 saturated heterocycles. The summed E-state index contributed by atoms with van der Waals surface area (Å²) >= 11 is 5.91. The molecule has 0 atom stereocenters. The van der Waals surface area contributed by atoms with Crippen LogP contribution in [0.5, 0.6) is 11.5 Å². The Bertz CT molecular complexity index is 566. The lowest BCUT2D eigenvalue weighted by atomic mass is 10.2. The summed E-state index contributed by atoms with van der Waals surface area (Å²) in [7, 11) is 1.73. The van der Waals surface area contributed by atoms with Crippen LogP contribution in [0.1, 0.15) is 10.4 Å². The van der Waals surface area contributed by atoms with Crippen LogP contribution in [0, 0.1) is 0 Å². The van der Waals surface area contributed by atoms with Gasteiger partial charge in [0.05, 0.1) is 17.4 Å². The van der Waals surface area contributed by atoms with E-state index in [1.807, 2.05) is 0 Å². The van der Waals surface area contributed by atoms with Crippen LogP contribution in [-0.2, 0) is 7.05 Å². The molecule has 0 saturated carbocycles. The lowest BCUT2D eigenvalue weighted by Crippen LogP contribution is -2.00. The van der Waals surface area contributed by atoms with Gasteiger partial charge < -0.3 is 9.84 Å². The predicted molar refractivity (Wildman–Crippen MR) is 61.7 cm³/mol. The molecular formula is C11H9ClN2O3. The summed E-state index contributed by atoms with van der Waals surface area (Å²) < 4.78 is 6.97. The summed E-state index contributed by atoms with van der Waals surface area (Å²) in [6, 6.07) is 4.56. The third-order valence-electron chi connectivity index (χ3n) is 2.10. The average Bonchev–Trinajstić information content (AvgIpc) is 2.67. The zero-order chi connectivity index (χ0) is 12.4. The molecular weight excluding hydrogens is 244 g/mol. The van der Waals surface area contributed by atoms with Crippen molar-refractivity contribution in [1.82, 2.24) is 9.78 Å². The number of halogens is 1. The van der Waals surface area contributed by atoms with Gasteiger partial charge in [-0.1, -0.05) is 17.7 Å². The van der Waals surface area contributed by atoms with Crippen LogP contribution in [0.4, 0.5) is 0 Å². The largest absolute Gasteiger partial charge is 0.478 e. The minimum atomic E-state index is -1.09. The third kappa shape index (κ3) is 2.39. The van der Waals surface area contributed by atoms with Gasteiger partial charge in [-0.15, -0.1) is 0 Å². The SMILES string of the molecule is Cn1cc(Oc2c(Cl)cccc2C(=O)O)cn1. The Balaban J connectivity index is 2.40. The van der Waals surface area contributed by atoms with Gasteiger partial charge in [0.2, 0.25) is 0 Å². The van der Waals surface area contributed by atoms with Crippen LogP contribution in [0.2, 0.25) is 5.02 Å². The first-order chi connectivity index (χ1) is 8.08. The Morgan fingerprint density at radius 3 is 2.88 bits per heavy atom. The fraction of sp³-hybridized carbons (Fsp3) is 0.0909. The van der Waals surface area contributed by atoms with Gasteiger partial charge in [0.15, 0.2) is 11.5 Å². The fourth-order valence-electron chi connectivity index (χ4n) is 1.35. The Labute approximate surface area is 102 Å². The van der Waals surface area contributed by atoms with Crippen LogP contribution < -0.4 is 4.74 Å². The van der Waals surface area contributed by atoms with Gasteiger partial charge in [-0.3, -0.25) is 4.68 Å². The van der Waals surface area contributed by atoms with Gasteiger partial charge in [0.25, 0.3) is 0 Å². The fourth-order valence-corrected chi connectivity index (χ4v) is 1.56. The van der Waals surface area contributed by atoms with Crippen molar-refractivity contribution >= 4 is 17.6 Å². The second-order valence-corrected chi connectivity index (χ2v) is 3.78. The summed E-state index contributed by atoms with van der Waals surface area (Å²) in [5.41, 5.74) is 0.0151. The molecule has 0 spiro atoms. The van der Waals surface area contributed by atoms with Crippen LogP contribution in [0.15, 0.2) is 30.6 Å². The first-order valence-corrected chi connectivity index (χ1v) is 5.14. The molecule has 0 aliphatic carbocycles. The molecule has 17 heavy (non-hydrogen) atoms. The Kier molecular flexibility index (Phi) is 3.01. The van der Waals surface area contributed by atoms with E-state index in [1.165, 1.54) is 12.3 Å². The zero-order valence-corrected chi connectivity index (χ0v) is 9.68. The number of para-hydroxylation sites is 1. The average molecular weight is 253 g/mol. The maximum atomic E-state index is 11.0. The minimum absolute atomic E-state index is 0.0151. The molecule has 5 nitrogen and oxygen atoms in total. The second kappa shape index (κ2) is 4.47. The zero-order valence-electron chi connectivity index (χ0n) is 8.92. The molecule has 0 unspecified atom stereocenters. The highest BCUT2D eigenvalue weighted by Crippen LogP contribution is 2.32. The second-order valence-electron chi connectivity index (χ2n) is 3.37. The molecule has 88 valence electrons. The van der Waals surface area contributed by atoms with Gasteiger partial charge in [-0.25, -0.2) is 4.79 Å². The molecule has 1 aromatic heterocycles. The molecule has 0 bridgehead atoms. The van der Waals surface area contributed by atoms with E-state index in [2.05, 4.69) is 5.10 Å². The molecule has 0 aliphatic heterocycles. The van der Waals surface area contributed by atoms with E-state index in [-0.39, 0.29) is 16.3 Å². The van der Waals surface area contributed by atoms with Crippen molar-refractivity contribution in [3.63, 3.8) is 0 Å². The van der Waals surface area contributed by atoms with Crippen LogP contribution in [0.25, 0.3) is 0 Å². The van der Waals surface area contributed by atoms with Crippen molar-refractivity contribution in [1.29, 1.82) is 0 Å². The number of carboxylic acids is 1. The monoisotopic (exact) mass is 252 g/mol. The lowest BCUT2D eigenvalue weighted by Gasteiger charge is -2.08. The third-order valence-corrected chi connectivity index (χ3v) is 2.40. The van der Waals surface area contributed by atoms with E-state index in [0.717, 1.165) is 0 Å². The summed E-state index contributed by atoms with van der Waals surface area (Å²) in [6.45, 7) is 0. The number of hydrogen-bond donors (Lipinski definition) is 1. The highest BCUT2D eigenvalue weighted by molar-refractivity contribution is 6.32. The standard InChI is InChI=1S/C11H9ClN2O3/c1-14-6-7(5-13-14)17-10-8(11(15)16)3-2-4-9(10)12/h2-6H,1H3,(H,15,16). The van der Waals surface area contributed by atoms with E-state index < -0.39 is 5.97 Å². The Hall–Kier alpha value is -2.01. The minimum Gasteiger partial charge on any atom is -0.478 e. The number of ether oxygens (including phenoxy) is 1. The number of aryl methyl sites for hydroxylation is 1. The number of aromatic nitrogens is 2. The van der Waals surface area contributed by atoms with Crippen molar-refractivity contribution in [2.45, 2.75) is 0 Å². The van der Waals surface area contributed by atoms with Gasteiger partial charge in [0, 0.05) is 7.05 Å². The van der Waals surface area contributed by atoms with E-state index in [9.17, 15) is 4.79 Å². The smallest absolute Gasteiger partial charge is 0.339 e. The van der Waals surface area contributed by atoms with Crippen molar-refractivity contribution in [2.24, 2.45) is 7.05 Å². The topological polar surface area (TPSA) is 64.3 Å². The van der Waals surface area contributed by atoms with Gasteiger partial charge in [-0.2, -0.15) is 5.10 Å². The summed E-state index contributed by atoms with van der Waals surface area (Å²) in [4.78, 5) is 11.0. The lowest BCUT2D eigenvalue weighted by molar-refractivity contribution is 0.0694. The maximum absolute atomic E-state index is 11.0. The van der Waals surface area contributed by atoms with E-state index >= 15 is 0 Å². The van der Waals surface area contributed by atoms with Crippen molar-refractivity contribution in [3.8, 4) is 11.5 Å². The summed E-state index contributed by atoms with van der Waals surface area (Å²) in [6.07, 6.45) is 3.10. The van der Waals surface area contributed by atoms with Gasteiger partial charge in [-0.05, 0) is 12.1 Å². The van der Waals surface area contributed by atoms with Gasteiger partial charge in [0.1, 0.15) is 5.56 Å². The molecule has 1 N–H and O–H groups in total. The number of hydrogen-bond acceptors (Lipinski definition) is 3. The van der Waals surface area contributed by atoms with Crippen molar-refractivity contribution in [3.05, 3.63) is 41.2 Å². The molecule has 1 aromatic carbocycles. The van der Waals surface area contributed by atoms with E-state index in [0.29, 0.717) is 5.75 Å². The van der Waals surface area contributed by atoms with Crippen molar-refractivity contribution < 1.29 is 14.6 Å². The number of aromatic carboxylic acids is 1. The number of rotatable bonds is 3. The maximum Gasteiger partial charge on any atom is 0.339 e. The van der Waals surface area contributed by atoms with Crippen LogP contribution in [0.3, 0.4) is 0 Å². The Morgan fingerprint density at radius 2 is 2.29 bits per heavy atom. The molecule has 1 heterocycles. The molecule has 0 radical (unpaired) electrons. The highest BCUT2D eigenvalue weighted by atomic mass is 35.5. The van der Waals surface area contributed by atoms with E-state index in [1.54, 1.807) is 30.1 Å². The van der Waals surface area contributed by atoms with Crippen molar-refractivity contribution in [2.75, 3.05) is 0 Å². The number of benzene rings is 1. The summed E-state index contributed by atoms with van der Waals surface area (Å²) in [5, 5.41) is 13.2. The summed E-state index contributed by atoms with van der Waals surface area (Å²) in [5.74, 6) is -0.538. The molecule has 0 fully saturated rings. The first kappa shape index (κ1) is 11.5. The highest BCUT2D eigenvalue weighted by Gasteiger charge is 2.15. The van der Waals surface area contributed by atoms with E-state index in [4.69, 9.17) is 21.4 Å². The predicted octanol–water partition coefficient (Wildman–Crippen LogP) is 2.56. The molecule has 2 rings (SSSR count). The molecule has 2 aromatic rings. The quantitative estimate of drug-likeness (QED) is 0.912. The molecule has 0 amide bonds. The molecule has 6 heteroatoms. The normalized spacial score (nSPS) is 10.2. The molecule has 0 aliphatic rings. The first-order valence-electron chi connectivity index (χ1n) is 4.76. The van der Waals surface area contributed by atoms with Crippen LogP contribution in [-0.4, -0.2) is 20.9 Å². The number of carboxylic acid groups (broad SMARTS) is 1. The van der Waals surface area contributed by atoms with Crippen LogP contribution >= 0.6 is 11.6 Å².